The standard InChI is InChI=1S/C19H14F3N3O4S/c20-19(21,22)11-29-13-6-7-16(25(27)28)14(8-13)18(26)23-9-17-24-15(10-30-17)12-4-2-1-3-5-12/h1-8,10H,9,11H2,(H,23,26). The molecule has 0 aliphatic carbocycles. The van der Waals surface area contributed by atoms with Crippen LogP contribution in [0.4, 0.5) is 18.9 Å². The minimum absolute atomic E-state index is 0.00111. The SMILES string of the molecule is O=C(NCc1nc(-c2ccccc2)cs1)c1cc(OCC(F)(F)F)ccc1[N+](=O)[O-]. The summed E-state index contributed by atoms with van der Waals surface area (Å²) in [5.41, 5.74) is 0.672. The molecule has 1 heterocycles. The second-order valence-corrected chi connectivity index (χ2v) is 6.96. The first-order chi connectivity index (χ1) is 14.2. The fraction of sp³-hybridized carbons (Fsp3) is 0.158. The summed E-state index contributed by atoms with van der Waals surface area (Å²) in [6.45, 7) is -1.58. The van der Waals surface area contributed by atoms with Gasteiger partial charge in [0.05, 0.1) is 17.2 Å². The van der Waals surface area contributed by atoms with Crippen molar-refractivity contribution in [3.05, 3.63) is 74.6 Å². The van der Waals surface area contributed by atoms with Gasteiger partial charge in [0.1, 0.15) is 16.3 Å². The van der Waals surface area contributed by atoms with Crippen LogP contribution in [-0.2, 0) is 6.54 Å². The van der Waals surface area contributed by atoms with Crippen molar-refractivity contribution in [3.8, 4) is 17.0 Å². The highest BCUT2D eigenvalue weighted by Crippen LogP contribution is 2.26. The van der Waals surface area contributed by atoms with Crippen molar-refractivity contribution in [1.29, 1.82) is 0 Å². The molecule has 1 aromatic heterocycles. The van der Waals surface area contributed by atoms with Gasteiger partial charge in [-0.3, -0.25) is 14.9 Å². The molecule has 0 radical (unpaired) electrons. The molecule has 30 heavy (non-hydrogen) atoms. The third-order valence-electron chi connectivity index (χ3n) is 3.83. The zero-order chi connectivity index (χ0) is 21.7. The number of benzene rings is 2. The zero-order valence-corrected chi connectivity index (χ0v) is 16.0. The van der Waals surface area contributed by atoms with E-state index in [1.165, 1.54) is 11.3 Å². The number of nitro benzene ring substituents is 1. The normalized spacial score (nSPS) is 11.2. The first-order valence-electron chi connectivity index (χ1n) is 8.49. The number of ether oxygens (including phenoxy) is 1. The van der Waals surface area contributed by atoms with E-state index in [9.17, 15) is 28.1 Å². The van der Waals surface area contributed by atoms with E-state index in [4.69, 9.17) is 0 Å². The average Bonchev–Trinajstić information content (AvgIpc) is 3.19. The summed E-state index contributed by atoms with van der Waals surface area (Å²) in [5.74, 6) is -1.13. The van der Waals surface area contributed by atoms with Crippen LogP contribution < -0.4 is 10.1 Å². The lowest BCUT2D eigenvalue weighted by Gasteiger charge is -2.10. The average molecular weight is 437 g/mol. The van der Waals surface area contributed by atoms with E-state index in [2.05, 4.69) is 15.0 Å². The first kappa shape index (κ1) is 21.2. The lowest BCUT2D eigenvalue weighted by Crippen LogP contribution is -2.24. The molecule has 3 rings (SSSR count). The number of thiazole rings is 1. The molecule has 1 N–H and O–H groups in total. The van der Waals surface area contributed by atoms with E-state index in [-0.39, 0.29) is 12.3 Å². The van der Waals surface area contributed by atoms with Crippen molar-refractivity contribution in [3.63, 3.8) is 0 Å². The Morgan fingerprint density at radius 2 is 1.93 bits per heavy atom. The molecular weight excluding hydrogens is 423 g/mol. The molecule has 0 spiro atoms. The van der Waals surface area contributed by atoms with Gasteiger partial charge in [-0.1, -0.05) is 30.3 Å². The Balaban J connectivity index is 1.72. The maximum atomic E-state index is 12.5. The highest BCUT2D eigenvalue weighted by Gasteiger charge is 2.29. The van der Waals surface area contributed by atoms with Gasteiger partial charge in [-0.05, 0) is 12.1 Å². The molecule has 3 aromatic rings. The lowest BCUT2D eigenvalue weighted by atomic mass is 10.1. The van der Waals surface area contributed by atoms with Gasteiger partial charge in [0.2, 0.25) is 0 Å². The summed E-state index contributed by atoms with van der Waals surface area (Å²) in [6, 6.07) is 12.2. The molecule has 1 amide bonds. The maximum Gasteiger partial charge on any atom is 0.422 e. The molecule has 0 saturated heterocycles. The van der Waals surface area contributed by atoms with Gasteiger partial charge in [0.25, 0.3) is 11.6 Å². The summed E-state index contributed by atoms with van der Waals surface area (Å²) in [6.07, 6.45) is -4.58. The topological polar surface area (TPSA) is 94.4 Å². The molecule has 2 aromatic carbocycles. The number of hydrogen-bond acceptors (Lipinski definition) is 6. The lowest BCUT2D eigenvalue weighted by molar-refractivity contribution is -0.385. The highest BCUT2D eigenvalue weighted by atomic mass is 32.1. The van der Waals surface area contributed by atoms with E-state index in [0.29, 0.717) is 5.01 Å². The summed E-state index contributed by atoms with van der Waals surface area (Å²) in [4.78, 5) is 27.2. The van der Waals surface area contributed by atoms with E-state index < -0.39 is 34.9 Å². The third-order valence-corrected chi connectivity index (χ3v) is 4.68. The molecule has 0 aliphatic rings. The summed E-state index contributed by atoms with van der Waals surface area (Å²) in [5, 5.41) is 16.1. The van der Waals surface area contributed by atoms with Gasteiger partial charge < -0.3 is 10.1 Å². The number of nitro groups is 1. The second-order valence-electron chi connectivity index (χ2n) is 6.02. The molecule has 0 saturated carbocycles. The monoisotopic (exact) mass is 437 g/mol. The Kier molecular flexibility index (Phi) is 6.31. The van der Waals surface area contributed by atoms with Crippen LogP contribution in [-0.4, -0.2) is 28.6 Å². The van der Waals surface area contributed by atoms with E-state index in [1.54, 1.807) is 0 Å². The van der Waals surface area contributed by atoms with Gasteiger partial charge in [-0.2, -0.15) is 13.2 Å². The van der Waals surface area contributed by atoms with Gasteiger partial charge in [-0.25, -0.2) is 4.98 Å². The smallest absolute Gasteiger partial charge is 0.422 e. The van der Waals surface area contributed by atoms with Crippen molar-refractivity contribution in [2.45, 2.75) is 12.7 Å². The molecule has 11 heteroatoms. The number of rotatable bonds is 7. The number of carbonyl (C=O) groups is 1. The molecule has 156 valence electrons. The van der Waals surface area contributed by atoms with Crippen molar-refractivity contribution in [2.24, 2.45) is 0 Å². The van der Waals surface area contributed by atoms with Crippen LogP contribution in [0.1, 0.15) is 15.4 Å². The largest absolute Gasteiger partial charge is 0.484 e. The summed E-state index contributed by atoms with van der Waals surface area (Å²) < 4.78 is 41.5. The van der Waals surface area contributed by atoms with Crippen LogP contribution in [0, 0.1) is 10.1 Å². The van der Waals surface area contributed by atoms with Crippen molar-refractivity contribution in [2.75, 3.05) is 6.61 Å². The van der Waals surface area contributed by atoms with Gasteiger partial charge in [0.15, 0.2) is 6.61 Å². The van der Waals surface area contributed by atoms with Crippen LogP contribution in [0.2, 0.25) is 0 Å². The molecule has 7 nitrogen and oxygen atoms in total. The summed E-state index contributed by atoms with van der Waals surface area (Å²) >= 11 is 1.30. The van der Waals surface area contributed by atoms with E-state index in [1.807, 2.05) is 35.7 Å². The number of aromatic nitrogens is 1. The number of carbonyl (C=O) groups excluding carboxylic acids is 1. The number of hydrogen-bond donors (Lipinski definition) is 1. The summed E-state index contributed by atoms with van der Waals surface area (Å²) in [7, 11) is 0. The predicted octanol–water partition coefficient (Wildman–Crippen LogP) is 4.59. The van der Waals surface area contributed by atoms with Crippen LogP contribution in [0.3, 0.4) is 0 Å². The number of nitrogens with zero attached hydrogens (tertiary/aromatic N) is 2. The fourth-order valence-electron chi connectivity index (χ4n) is 2.50. The molecule has 0 bridgehead atoms. The highest BCUT2D eigenvalue weighted by molar-refractivity contribution is 7.09. The number of nitrogens with one attached hydrogen (secondary N) is 1. The van der Waals surface area contributed by atoms with Crippen LogP contribution >= 0.6 is 11.3 Å². The van der Waals surface area contributed by atoms with E-state index in [0.717, 1.165) is 29.5 Å². The Morgan fingerprint density at radius 3 is 2.60 bits per heavy atom. The van der Waals surface area contributed by atoms with Crippen molar-refractivity contribution >= 4 is 22.9 Å². The quantitative estimate of drug-likeness (QED) is 0.431. The molecule has 0 unspecified atom stereocenters. The predicted molar refractivity (Wildman–Crippen MR) is 103 cm³/mol. The molecular formula is C19H14F3N3O4S. The Morgan fingerprint density at radius 1 is 1.20 bits per heavy atom. The van der Waals surface area contributed by atoms with Gasteiger partial charge in [-0.15, -0.1) is 11.3 Å². The van der Waals surface area contributed by atoms with Gasteiger partial charge in [0, 0.05) is 17.0 Å². The Labute approximate surface area is 172 Å². The van der Waals surface area contributed by atoms with Crippen LogP contribution in [0.15, 0.2) is 53.9 Å². The van der Waals surface area contributed by atoms with E-state index >= 15 is 0 Å². The number of alkyl halides is 3. The minimum Gasteiger partial charge on any atom is -0.484 e. The Bertz CT molecular complexity index is 1050. The van der Waals surface area contributed by atoms with Gasteiger partial charge >= 0.3 is 6.18 Å². The fourth-order valence-corrected chi connectivity index (χ4v) is 3.24. The Hall–Kier alpha value is -3.47. The van der Waals surface area contributed by atoms with Crippen molar-refractivity contribution in [1.82, 2.24) is 10.3 Å². The second kappa shape index (κ2) is 8.91. The minimum atomic E-state index is -4.58. The molecule has 0 aliphatic heterocycles. The van der Waals surface area contributed by atoms with Crippen LogP contribution in [0.25, 0.3) is 11.3 Å². The number of halogens is 3. The maximum absolute atomic E-state index is 12.5. The zero-order valence-electron chi connectivity index (χ0n) is 15.2. The molecule has 0 fully saturated rings. The van der Waals surface area contributed by atoms with Crippen molar-refractivity contribution < 1.29 is 27.6 Å². The number of amides is 1. The molecule has 0 atom stereocenters. The van der Waals surface area contributed by atoms with Crippen LogP contribution in [0.5, 0.6) is 5.75 Å². The first-order valence-corrected chi connectivity index (χ1v) is 9.37. The third kappa shape index (κ3) is 5.54.